The van der Waals surface area contributed by atoms with Crippen LogP contribution in [-0.4, -0.2) is 6.04 Å². The quantitative estimate of drug-likeness (QED) is 0.754. The van der Waals surface area contributed by atoms with Crippen LogP contribution in [0.2, 0.25) is 5.02 Å². The fraction of sp³-hybridized carbons (Fsp3) is 0.333. The summed E-state index contributed by atoms with van der Waals surface area (Å²) in [6.45, 7) is 5.72. The SMILES string of the molecule is C=CCCC(C)Nc1c(Cl)cc(F)cc1Br. The lowest BCUT2D eigenvalue weighted by Gasteiger charge is -2.17. The van der Waals surface area contributed by atoms with Crippen LogP contribution in [0.15, 0.2) is 29.3 Å². The Kier molecular flexibility index (Phi) is 5.29. The van der Waals surface area contributed by atoms with Crippen LogP contribution in [0.5, 0.6) is 0 Å². The largest absolute Gasteiger partial charge is 0.380 e. The van der Waals surface area contributed by atoms with Gasteiger partial charge in [0.2, 0.25) is 0 Å². The Balaban J connectivity index is 2.76. The van der Waals surface area contributed by atoms with E-state index in [1.54, 1.807) is 0 Å². The first-order valence-electron chi connectivity index (χ1n) is 5.06. The minimum atomic E-state index is -0.346. The molecule has 0 aromatic heterocycles. The van der Waals surface area contributed by atoms with E-state index >= 15 is 0 Å². The van der Waals surface area contributed by atoms with E-state index < -0.39 is 0 Å². The number of hydrogen-bond acceptors (Lipinski definition) is 1. The third-order valence-corrected chi connectivity index (χ3v) is 3.12. The molecule has 1 atom stereocenters. The van der Waals surface area contributed by atoms with Crippen molar-refractivity contribution >= 4 is 33.2 Å². The normalized spacial score (nSPS) is 12.2. The first-order chi connectivity index (χ1) is 7.54. The van der Waals surface area contributed by atoms with Gasteiger partial charge in [-0.05, 0) is 47.8 Å². The molecule has 1 nitrogen and oxygen atoms in total. The van der Waals surface area contributed by atoms with E-state index in [-0.39, 0.29) is 11.9 Å². The molecule has 0 amide bonds. The van der Waals surface area contributed by atoms with Crippen molar-refractivity contribution in [2.24, 2.45) is 0 Å². The molecule has 1 aromatic rings. The zero-order valence-corrected chi connectivity index (χ0v) is 11.4. The Bertz CT molecular complexity index is 358. The Morgan fingerprint density at radius 1 is 1.62 bits per heavy atom. The van der Waals surface area contributed by atoms with Crippen LogP contribution in [0.1, 0.15) is 19.8 Å². The van der Waals surface area contributed by atoms with Gasteiger partial charge in [-0.2, -0.15) is 0 Å². The van der Waals surface area contributed by atoms with E-state index in [1.807, 2.05) is 6.08 Å². The molecular weight excluding hydrogens is 292 g/mol. The van der Waals surface area contributed by atoms with Crippen molar-refractivity contribution in [3.8, 4) is 0 Å². The fourth-order valence-corrected chi connectivity index (χ4v) is 2.29. The van der Waals surface area contributed by atoms with Crippen molar-refractivity contribution in [1.29, 1.82) is 0 Å². The first kappa shape index (κ1) is 13.5. The molecule has 0 saturated heterocycles. The van der Waals surface area contributed by atoms with Crippen LogP contribution in [0, 0.1) is 5.82 Å². The molecule has 0 saturated carbocycles. The summed E-state index contributed by atoms with van der Waals surface area (Å²) in [6, 6.07) is 2.96. The summed E-state index contributed by atoms with van der Waals surface area (Å²) in [6.07, 6.45) is 3.77. The minimum absolute atomic E-state index is 0.261. The summed E-state index contributed by atoms with van der Waals surface area (Å²) in [7, 11) is 0. The van der Waals surface area contributed by atoms with Crippen LogP contribution in [-0.2, 0) is 0 Å². The van der Waals surface area contributed by atoms with Crippen LogP contribution in [0.3, 0.4) is 0 Å². The summed E-state index contributed by atoms with van der Waals surface area (Å²) in [5.41, 5.74) is 0.736. The second-order valence-corrected chi connectivity index (χ2v) is 4.92. The maximum atomic E-state index is 13.0. The molecule has 0 aliphatic rings. The molecular formula is C12H14BrClFN. The Morgan fingerprint density at radius 3 is 2.88 bits per heavy atom. The lowest BCUT2D eigenvalue weighted by molar-refractivity contribution is 0.626. The predicted octanol–water partition coefficient (Wildman–Crippen LogP) is 5.01. The zero-order chi connectivity index (χ0) is 12.1. The van der Waals surface area contributed by atoms with Gasteiger partial charge in [0.15, 0.2) is 0 Å². The second kappa shape index (κ2) is 6.26. The van der Waals surface area contributed by atoms with Gasteiger partial charge in [0.05, 0.1) is 10.7 Å². The smallest absolute Gasteiger partial charge is 0.125 e. The van der Waals surface area contributed by atoms with E-state index in [4.69, 9.17) is 11.6 Å². The van der Waals surface area contributed by atoms with Crippen LogP contribution < -0.4 is 5.32 Å². The lowest BCUT2D eigenvalue weighted by Crippen LogP contribution is -2.15. The standard InChI is InChI=1S/C12H14BrClFN/c1-3-4-5-8(2)16-12-10(13)6-9(15)7-11(12)14/h3,6-8,16H,1,4-5H2,2H3. The van der Waals surface area contributed by atoms with Gasteiger partial charge in [0.25, 0.3) is 0 Å². The Labute approximate surface area is 109 Å². The number of hydrogen-bond donors (Lipinski definition) is 1. The summed E-state index contributed by atoms with van der Waals surface area (Å²) in [5, 5.41) is 3.63. The van der Waals surface area contributed by atoms with Crippen LogP contribution in [0.4, 0.5) is 10.1 Å². The van der Waals surface area contributed by atoms with Gasteiger partial charge in [-0.3, -0.25) is 0 Å². The molecule has 0 aliphatic heterocycles. The van der Waals surface area contributed by atoms with Gasteiger partial charge in [-0.25, -0.2) is 4.39 Å². The molecule has 1 unspecified atom stereocenters. The van der Waals surface area contributed by atoms with Gasteiger partial charge in [-0.15, -0.1) is 6.58 Å². The average molecular weight is 307 g/mol. The van der Waals surface area contributed by atoms with Crippen molar-refractivity contribution in [3.05, 3.63) is 40.1 Å². The highest BCUT2D eigenvalue weighted by Crippen LogP contribution is 2.32. The van der Waals surface area contributed by atoms with Crippen molar-refractivity contribution in [2.45, 2.75) is 25.8 Å². The number of nitrogens with one attached hydrogen (secondary N) is 1. The lowest BCUT2D eigenvalue weighted by atomic mass is 10.1. The van der Waals surface area contributed by atoms with E-state index in [1.165, 1.54) is 12.1 Å². The number of benzene rings is 1. The maximum Gasteiger partial charge on any atom is 0.125 e. The fourth-order valence-electron chi connectivity index (χ4n) is 1.37. The molecule has 1 rings (SSSR count). The third-order valence-electron chi connectivity index (χ3n) is 2.20. The second-order valence-electron chi connectivity index (χ2n) is 3.66. The molecule has 88 valence electrons. The number of allylic oxidation sites excluding steroid dienone is 1. The summed E-state index contributed by atoms with van der Waals surface area (Å²) < 4.78 is 13.6. The number of rotatable bonds is 5. The van der Waals surface area contributed by atoms with E-state index in [0.717, 1.165) is 18.5 Å². The first-order valence-corrected chi connectivity index (χ1v) is 6.23. The highest BCUT2D eigenvalue weighted by Gasteiger charge is 2.10. The van der Waals surface area contributed by atoms with E-state index in [0.29, 0.717) is 9.50 Å². The van der Waals surface area contributed by atoms with Crippen LogP contribution >= 0.6 is 27.5 Å². The third kappa shape index (κ3) is 3.80. The molecule has 0 spiro atoms. The van der Waals surface area contributed by atoms with Crippen molar-refractivity contribution in [3.63, 3.8) is 0 Å². The number of anilines is 1. The molecule has 0 bridgehead atoms. The zero-order valence-electron chi connectivity index (χ0n) is 9.06. The molecule has 16 heavy (non-hydrogen) atoms. The highest BCUT2D eigenvalue weighted by atomic mass is 79.9. The maximum absolute atomic E-state index is 13.0. The molecule has 0 fully saturated rings. The average Bonchev–Trinajstić information content (AvgIpc) is 2.20. The van der Waals surface area contributed by atoms with Gasteiger partial charge in [-0.1, -0.05) is 17.7 Å². The summed E-state index contributed by atoms with van der Waals surface area (Å²) in [5.74, 6) is -0.346. The number of halogens is 3. The molecule has 0 aliphatic carbocycles. The monoisotopic (exact) mass is 305 g/mol. The predicted molar refractivity (Wildman–Crippen MR) is 71.6 cm³/mol. The molecule has 4 heteroatoms. The van der Waals surface area contributed by atoms with Crippen molar-refractivity contribution < 1.29 is 4.39 Å². The summed E-state index contributed by atoms with van der Waals surface area (Å²) >= 11 is 9.25. The Morgan fingerprint density at radius 2 is 2.31 bits per heavy atom. The van der Waals surface area contributed by atoms with Gasteiger partial charge < -0.3 is 5.32 Å². The molecule has 1 aromatic carbocycles. The van der Waals surface area contributed by atoms with Crippen molar-refractivity contribution in [1.82, 2.24) is 0 Å². The van der Waals surface area contributed by atoms with E-state index in [2.05, 4.69) is 34.7 Å². The van der Waals surface area contributed by atoms with E-state index in [9.17, 15) is 4.39 Å². The molecule has 1 N–H and O–H groups in total. The van der Waals surface area contributed by atoms with Gasteiger partial charge in [0, 0.05) is 10.5 Å². The van der Waals surface area contributed by atoms with Gasteiger partial charge in [0.1, 0.15) is 5.82 Å². The minimum Gasteiger partial charge on any atom is -0.380 e. The highest BCUT2D eigenvalue weighted by molar-refractivity contribution is 9.10. The molecule has 0 radical (unpaired) electrons. The Hall–Kier alpha value is -0.540. The topological polar surface area (TPSA) is 12.0 Å². The summed E-state index contributed by atoms with van der Waals surface area (Å²) in [4.78, 5) is 0. The van der Waals surface area contributed by atoms with Gasteiger partial charge >= 0.3 is 0 Å². The molecule has 0 heterocycles. The van der Waals surface area contributed by atoms with Crippen molar-refractivity contribution in [2.75, 3.05) is 5.32 Å². The van der Waals surface area contributed by atoms with Crippen LogP contribution in [0.25, 0.3) is 0 Å².